The number of sulfonamides is 1. The van der Waals surface area contributed by atoms with Crippen LogP contribution in [0.15, 0.2) is 41.3 Å². The summed E-state index contributed by atoms with van der Waals surface area (Å²) in [5, 5.41) is 0. The fourth-order valence-corrected chi connectivity index (χ4v) is 3.16. The van der Waals surface area contributed by atoms with E-state index in [0.717, 1.165) is 5.56 Å². The Hall–Kier alpha value is -2.74. The number of rotatable bonds is 6. The van der Waals surface area contributed by atoms with E-state index in [-0.39, 0.29) is 27.6 Å². The van der Waals surface area contributed by atoms with Gasteiger partial charge in [-0.1, -0.05) is 17.7 Å². The van der Waals surface area contributed by atoms with Crippen LogP contribution in [0.2, 0.25) is 0 Å². The molecular formula is C16H18N2O5S. The second-order valence-electron chi connectivity index (χ2n) is 5.04. The number of carbonyl (C=O) groups is 1. The molecule has 1 amide bonds. The number of primary amides is 1. The van der Waals surface area contributed by atoms with Crippen molar-refractivity contribution in [3.05, 3.63) is 47.5 Å². The van der Waals surface area contributed by atoms with E-state index in [1.165, 1.54) is 38.5 Å². The third-order valence-electron chi connectivity index (χ3n) is 3.36. The van der Waals surface area contributed by atoms with E-state index in [2.05, 4.69) is 4.72 Å². The number of anilines is 1. The zero-order chi connectivity index (χ0) is 17.9. The minimum atomic E-state index is -3.88. The molecule has 0 spiro atoms. The maximum absolute atomic E-state index is 12.5. The summed E-state index contributed by atoms with van der Waals surface area (Å²) < 4.78 is 37.6. The highest BCUT2D eigenvalue weighted by molar-refractivity contribution is 7.92. The number of hydrogen-bond acceptors (Lipinski definition) is 5. The number of ether oxygens (including phenoxy) is 2. The Balaban J connectivity index is 2.51. The van der Waals surface area contributed by atoms with Crippen LogP contribution in [0.3, 0.4) is 0 Å². The van der Waals surface area contributed by atoms with Crippen LogP contribution in [0.4, 0.5) is 5.69 Å². The van der Waals surface area contributed by atoms with E-state index in [0.29, 0.717) is 0 Å². The van der Waals surface area contributed by atoms with Gasteiger partial charge in [0.25, 0.3) is 15.9 Å². The summed E-state index contributed by atoms with van der Waals surface area (Å²) in [6, 6.07) is 8.99. The van der Waals surface area contributed by atoms with E-state index in [1.54, 1.807) is 12.1 Å². The summed E-state index contributed by atoms with van der Waals surface area (Å²) in [6.07, 6.45) is 0. The van der Waals surface area contributed by atoms with E-state index in [4.69, 9.17) is 15.2 Å². The first kappa shape index (κ1) is 17.6. The molecule has 7 nitrogen and oxygen atoms in total. The lowest BCUT2D eigenvalue weighted by molar-refractivity contribution is 0.100. The van der Waals surface area contributed by atoms with Gasteiger partial charge in [-0.25, -0.2) is 8.42 Å². The molecule has 0 aliphatic heterocycles. The second kappa shape index (κ2) is 6.79. The molecule has 2 aromatic rings. The van der Waals surface area contributed by atoms with Gasteiger partial charge >= 0.3 is 0 Å². The highest BCUT2D eigenvalue weighted by Crippen LogP contribution is 2.34. The Morgan fingerprint density at radius 2 is 1.58 bits per heavy atom. The van der Waals surface area contributed by atoms with Gasteiger partial charge in [0, 0.05) is 6.07 Å². The summed E-state index contributed by atoms with van der Waals surface area (Å²) >= 11 is 0. The van der Waals surface area contributed by atoms with Crippen LogP contribution < -0.4 is 19.9 Å². The lowest BCUT2D eigenvalue weighted by Crippen LogP contribution is -2.19. The van der Waals surface area contributed by atoms with Gasteiger partial charge in [0.2, 0.25) is 0 Å². The van der Waals surface area contributed by atoms with Crippen molar-refractivity contribution >= 4 is 21.6 Å². The first-order valence-electron chi connectivity index (χ1n) is 6.94. The Kier molecular flexibility index (Phi) is 4.99. The highest BCUT2D eigenvalue weighted by atomic mass is 32.2. The number of amides is 1. The number of benzene rings is 2. The number of aryl methyl sites for hydroxylation is 1. The third-order valence-corrected chi connectivity index (χ3v) is 4.75. The van der Waals surface area contributed by atoms with E-state index < -0.39 is 15.9 Å². The molecule has 0 saturated carbocycles. The van der Waals surface area contributed by atoms with Gasteiger partial charge < -0.3 is 15.2 Å². The number of carbonyl (C=O) groups excluding carboxylic acids is 1. The monoisotopic (exact) mass is 350 g/mol. The zero-order valence-corrected chi connectivity index (χ0v) is 14.3. The van der Waals surface area contributed by atoms with Gasteiger partial charge in [0.05, 0.1) is 30.4 Å². The molecule has 0 aliphatic carbocycles. The quantitative estimate of drug-likeness (QED) is 0.827. The van der Waals surface area contributed by atoms with Gasteiger partial charge in [-0.2, -0.15) is 0 Å². The van der Waals surface area contributed by atoms with Gasteiger partial charge in [-0.3, -0.25) is 9.52 Å². The highest BCUT2D eigenvalue weighted by Gasteiger charge is 2.20. The van der Waals surface area contributed by atoms with Crippen molar-refractivity contribution in [3.8, 4) is 11.5 Å². The van der Waals surface area contributed by atoms with Crippen LogP contribution >= 0.6 is 0 Å². The normalized spacial score (nSPS) is 11.0. The average Bonchev–Trinajstić information content (AvgIpc) is 2.54. The summed E-state index contributed by atoms with van der Waals surface area (Å²) in [5.41, 5.74) is 6.26. The van der Waals surface area contributed by atoms with Gasteiger partial charge in [-0.05, 0) is 25.1 Å². The standard InChI is InChI=1S/C16H18N2O5S/c1-10-4-6-11(7-5-10)24(20,21)18-13-9-15(23-3)14(22-2)8-12(13)16(17)19/h4-9,18H,1-3H3,(H2,17,19). The second-order valence-corrected chi connectivity index (χ2v) is 6.72. The maximum atomic E-state index is 12.5. The minimum Gasteiger partial charge on any atom is -0.493 e. The van der Waals surface area contributed by atoms with Crippen molar-refractivity contribution in [2.75, 3.05) is 18.9 Å². The molecule has 2 rings (SSSR count). The Morgan fingerprint density at radius 3 is 2.08 bits per heavy atom. The molecule has 3 N–H and O–H groups in total. The molecule has 0 heterocycles. The molecule has 8 heteroatoms. The molecule has 0 atom stereocenters. The van der Waals surface area contributed by atoms with E-state index in [9.17, 15) is 13.2 Å². The lowest BCUT2D eigenvalue weighted by Gasteiger charge is -2.15. The van der Waals surface area contributed by atoms with Crippen LogP contribution in [0.25, 0.3) is 0 Å². The number of methoxy groups -OCH3 is 2. The Bertz CT molecular complexity index is 861. The first-order chi connectivity index (χ1) is 11.3. The van der Waals surface area contributed by atoms with Crippen LogP contribution in [0.5, 0.6) is 11.5 Å². The van der Waals surface area contributed by atoms with E-state index in [1.807, 2.05) is 6.92 Å². The first-order valence-corrected chi connectivity index (χ1v) is 8.42. The van der Waals surface area contributed by atoms with Crippen LogP contribution in [0, 0.1) is 6.92 Å². The predicted molar refractivity (Wildman–Crippen MR) is 90.1 cm³/mol. The predicted octanol–water partition coefficient (Wildman–Crippen LogP) is 1.91. The number of nitrogens with two attached hydrogens (primary N) is 1. The fraction of sp³-hybridized carbons (Fsp3) is 0.188. The SMILES string of the molecule is COc1cc(NS(=O)(=O)c2ccc(C)cc2)c(C(N)=O)cc1OC. The van der Waals surface area contributed by atoms with Gasteiger partial charge in [0.15, 0.2) is 11.5 Å². The van der Waals surface area contributed by atoms with Gasteiger partial charge in [0.1, 0.15) is 0 Å². The molecule has 0 unspecified atom stereocenters. The molecule has 0 bridgehead atoms. The summed E-state index contributed by atoms with van der Waals surface area (Å²) in [7, 11) is -1.08. The summed E-state index contributed by atoms with van der Waals surface area (Å²) in [5.74, 6) is -0.258. The molecule has 0 aromatic heterocycles. The van der Waals surface area contributed by atoms with E-state index >= 15 is 0 Å². The molecule has 0 saturated heterocycles. The van der Waals surface area contributed by atoms with Crippen LogP contribution in [0.1, 0.15) is 15.9 Å². The van der Waals surface area contributed by atoms with Crippen LogP contribution in [-0.4, -0.2) is 28.5 Å². The lowest BCUT2D eigenvalue weighted by atomic mass is 10.1. The minimum absolute atomic E-state index is 0.0146. The number of nitrogens with one attached hydrogen (secondary N) is 1. The van der Waals surface area contributed by atoms with Gasteiger partial charge in [-0.15, -0.1) is 0 Å². The molecule has 0 radical (unpaired) electrons. The van der Waals surface area contributed by atoms with Crippen molar-refractivity contribution < 1.29 is 22.7 Å². The summed E-state index contributed by atoms with van der Waals surface area (Å²) in [4.78, 5) is 11.7. The third kappa shape index (κ3) is 3.60. The largest absolute Gasteiger partial charge is 0.493 e. The van der Waals surface area contributed by atoms with Crippen molar-refractivity contribution in [1.82, 2.24) is 0 Å². The van der Waals surface area contributed by atoms with Crippen molar-refractivity contribution in [2.24, 2.45) is 5.73 Å². The molecule has 0 fully saturated rings. The van der Waals surface area contributed by atoms with Crippen molar-refractivity contribution in [3.63, 3.8) is 0 Å². The molecule has 2 aromatic carbocycles. The molecule has 128 valence electrons. The van der Waals surface area contributed by atoms with Crippen molar-refractivity contribution in [1.29, 1.82) is 0 Å². The zero-order valence-electron chi connectivity index (χ0n) is 13.5. The smallest absolute Gasteiger partial charge is 0.261 e. The average molecular weight is 350 g/mol. The Morgan fingerprint density at radius 1 is 1.04 bits per heavy atom. The molecule has 0 aliphatic rings. The topological polar surface area (TPSA) is 108 Å². The molecule has 24 heavy (non-hydrogen) atoms. The molecular weight excluding hydrogens is 332 g/mol. The van der Waals surface area contributed by atoms with Crippen molar-refractivity contribution in [2.45, 2.75) is 11.8 Å². The fourth-order valence-electron chi connectivity index (χ4n) is 2.09. The Labute approximate surface area is 140 Å². The maximum Gasteiger partial charge on any atom is 0.261 e. The van der Waals surface area contributed by atoms with Crippen LogP contribution in [-0.2, 0) is 10.0 Å². The number of hydrogen-bond donors (Lipinski definition) is 2. The summed E-state index contributed by atoms with van der Waals surface area (Å²) in [6.45, 7) is 1.85.